The van der Waals surface area contributed by atoms with Crippen LogP contribution in [0.2, 0.25) is 0 Å². The summed E-state index contributed by atoms with van der Waals surface area (Å²) in [7, 11) is 0. The highest BCUT2D eigenvalue weighted by Crippen LogP contribution is 2.33. The van der Waals surface area contributed by atoms with E-state index in [1.807, 2.05) is 13.0 Å². The first-order valence-electron chi connectivity index (χ1n) is 8.16. The lowest BCUT2D eigenvalue weighted by Gasteiger charge is -2.13. The SMILES string of the molecule is Cc1cc(NC(=O)c2ccc3c4c(cccc24)CC3)c(C)cc1I. The number of halogens is 1. The van der Waals surface area contributed by atoms with E-state index in [9.17, 15) is 4.79 Å². The van der Waals surface area contributed by atoms with Gasteiger partial charge >= 0.3 is 0 Å². The lowest BCUT2D eigenvalue weighted by molar-refractivity contribution is 0.102. The van der Waals surface area contributed by atoms with Crippen LogP contribution >= 0.6 is 22.6 Å². The maximum absolute atomic E-state index is 12.9. The van der Waals surface area contributed by atoms with Gasteiger partial charge in [0.1, 0.15) is 0 Å². The summed E-state index contributed by atoms with van der Waals surface area (Å²) in [5.74, 6) is -0.0330. The van der Waals surface area contributed by atoms with Gasteiger partial charge in [-0.1, -0.05) is 24.3 Å². The third-order valence-corrected chi connectivity index (χ3v) is 6.04. The average molecular weight is 427 g/mol. The Bertz CT molecular complexity index is 981. The highest BCUT2D eigenvalue weighted by molar-refractivity contribution is 14.1. The normalized spacial score (nSPS) is 12.6. The molecule has 4 rings (SSSR count). The van der Waals surface area contributed by atoms with Gasteiger partial charge in [-0.05, 0) is 101 Å². The maximum Gasteiger partial charge on any atom is 0.256 e. The molecule has 0 atom stereocenters. The van der Waals surface area contributed by atoms with Gasteiger partial charge in [0.15, 0.2) is 0 Å². The van der Waals surface area contributed by atoms with E-state index in [2.05, 4.69) is 71.2 Å². The molecule has 2 nitrogen and oxygen atoms in total. The minimum absolute atomic E-state index is 0.0330. The number of benzene rings is 3. The molecular formula is C21H18INO. The number of anilines is 1. The first-order valence-corrected chi connectivity index (χ1v) is 9.24. The summed E-state index contributed by atoms with van der Waals surface area (Å²) < 4.78 is 1.22. The van der Waals surface area contributed by atoms with Crippen molar-refractivity contribution in [2.75, 3.05) is 5.32 Å². The first kappa shape index (κ1) is 15.6. The van der Waals surface area contributed by atoms with Crippen molar-refractivity contribution >= 4 is 45.0 Å². The molecule has 0 unspecified atom stereocenters. The number of rotatable bonds is 2. The molecule has 0 aromatic heterocycles. The second-order valence-electron chi connectivity index (χ2n) is 6.48. The van der Waals surface area contributed by atoms with Gasteiger partial charge in [0, 0.05) is 14.8 Å². The van der Waals surface area contributed by atoms with Crippen molar-refractivity contribution in [2.45, 2.75) is 26.7 Å². The van der Waals surface area contributed by atoms with Crippen LogP contribution in [0.1, 0.15) is 32.6 Å². The van der Waals surface area contributed by atoms with Crippen molar-refractivity contribution in [3.05, 3.63) is 73.9 Å². The van der Waals surface area contributed by atoms with Crippen LogP contribution in [0, 0.1) is 17.4 Å². The second kappa shape index (κ2) is 5.88. The number of nitrogens with one attached hydrogen (secondary N) is 1. The smallest absolute Gasteiger partial charge is 0.256 e. The first-order chi connectivity index (χ1) is 11.5. The Morgan fingerprint density at radius 1 is 1.00 bits per heavy atom. The largest absolute Gasteiger partial charge is 0.322 e. The Hall–Kier alpha value is -1.88. The Balaban J connectivity index is 1.77. The average Bonchev–Trinajstić information content (AvgIpc) is 2.98. The summed E-state index contributed by atoms with van der Waals surface area (Å²) in [6.07, 6.45) is 2.15. The zero-order valence-electron chi connectivity index (χ0n) is 13.7. The Labute approximate surface area is 155 Å². The highest BCUT2D eigenvalue weighted by atomic mass is 127. The van der Waals surface area contributed by atoms with Crippen LogP contribution in [0.3, 0.4) is 0 Å². The molecule has 1 N–H and O–H groups in total. The topological polar surface area (TPSA) is 29.1 Å². The predicted molar refractivity (Wildman–Crippen MR) is 108 cm³/mol. The number of carbonyl (C=O) groups excluding carboxylic acids is 1. The van der Waals surface area contributed by atoms with Crippen LogP contribution in [0.5, 0.6) is 0 Å². The van der Waals surface area contributed by atoms with E-state index < -0.39 is 0 Å². The molecule has 0 heterocycles. The third-order valence-electron chi connectivity index (χ3n) is 4.88. The predicted octanol–water partition coefficient (Wildman–Crippen LogP) is 5.41. The molecule has 1 aliphatic carbocycles. The molecule has 0 aliphatic heterocycles. The number of amides is 1. The fourth-order valence-electron chi connectivity index (χ4n) is 3.55. The molecule has 0 saturated heterocycles. The number of aryl methyl sites for hydroxylation is 4. The fraction of sp³-hybridized carbons (Fsp3) is 0.190. The number of hydrogen-bond acceptors (Lipinski definition) is 1. The summed E-state index contributed by atoms with van der Waals surface area (Å²) in [5, 5.41) is 5.45. The van der Waals surface area contributed by atoms with E-state index >= 15 is 0 Å². The van der Waals surface area contributed by atoms with E-state index in [1.165, 1.54) is 25.6 Å². The Morgan fingerprint density at radius 2 is 1.75 bits per heavy atom. The van der Waals surface area contributed by atoms with Gasteiger partial charge in [-0.3, -0.25) is 4.79 Å². The number of carbonyl (C=O) groups is 1. The zero-order valence-corrected chi connectivity index (χ0v) is 15.9. The van der Waals surface area contributed by atoms with Gasteiger partial charge in [-0.25, -0.2) is 0 Å². The second-order valence-corrected chi connectivity index (χ2v) is 7.64. The van der Waals surface area contributed by atoms with Gasteiger partial charge in [0.2, 0.25) is 0 Å². The van der Waals surface area contributed by atoms with Gasteiger partial charge in [0.25, 0.3) is 5.91 Å². The van der Waals surface area contributed by atoms with Crippen LogP contribution in [0.15, 0.2) is 42.5 Å². The molecule has 120 valence electrons. The summed E-state index contributed by atoms with van der Waals surface area (Å²) in [4.78, 5) is 12.9. The molecule has 0 radical (unpaired) electrons. The highest BCUT2D eigenvalue weighted by Gasteiger charge is 2.19. The van der Waals surface area contributed by atoms with Gasteiger partial charge < -0.3 is 5.32 Å². The van der Waals surface area contributed by atoms with Crippen molar-refractivity contribution < 1.29 is 4.79 Å². The zero-order chi connectivity index (χ0) is 16.8. The van der Waals surface area contributed by atoms with E-state index in [4.69, 9.17) is 0 Å². The molecular weight excluding hydrogens is 409 g/mol. The summed E-state index contributed by atoms with van der Waals surface area (Å²) in [6.45, 7) is 4.10. The fourth-order valence-corrected chi connectivity index (χ4v) is 4.17. The van der Waals surface area contributed by atoms with Crippen LogP contribution in [-0.4, -0.2) is 5.91 Å². The molecule has 0 spiro atoms. The summed E-state index contributed by atoms with van der Waals surface area (Å²) in [5.41, 5.74) is 6.63. The number of hydrogen-bond donors (Lipinski definition) is 1. The minimum atomic E-state index is -0.0330. The van der Waals surface area contributed by atoms with Crippen LogP contribution in [0.25, 0.3) is 10.8 Å². The van der Waals surface area contributed by atoms with Gasteiger partial charge in [-0.15, -0.1) is 0 Å². The van der Waals surface area contributed by atoms with Crippen molar-refractivity contribution in [1.29, 1.82) is 0 Å². The Kier molecular flexibility index (Phi) is 3.83. The van der Waals surface area contributed by atoms with Crippen molar-refractivity contribution in [3.8, 4) is 0 Å². The van der Waals surface area contributed by atoms with Crippen molar-refractivity contribution in [2.24, 2.45) is 0 Å². The summed E-state index contributed by atoms with van der Waals surface area (Å²) >= 11 is 2.32. The van der Waals surface area contributed by atoms with E-state index in [0.717, 1.165) is 35.0 Å². The van der Waals surface area contributed by atoms with E-state index in [0.29, 0.717) is 0 Å². The minimum Gasteiger partial charge on any atom is -0.322 e. The molecule has 0 bridgehead atoms. The third kappa shape index (κ3) is 2.51. The Morgan fingerprint density at radius 3 is 2.54 bits per heavy atom. The maximum atomic E-state index is 12.9. The molecule has 3 aromatic rings. The van der Waals surface area contributed by atoms with Gasteiger partial charge in [-0.2, -0.15) is 0 Å². The molecule has 3 aromatic carbocycles. The van der Waals surface area contributed by atoms with Gasteiger partial charge in [0.05, 0.1) is 0 Å². The standard InChI is InChI=1S/C21H18INO/c1-12-11-19(13(2)10-18(12)22)23-21(24)17-9-8-15-7-6-14-4-3-5-16(17)20(14)15/h3-5,8-11H,6-7H2,1-2H3,(H,23,24). The molecule has 3 heteroatoms. The van der Waals surface area contributed by atoms with Crippen molar-refractivity contribution in [3.63, 3.8) is 0 Å². The molecule has 1 aliphatic rings. The molecule has 0 fully saturated rings. The lowest BCUT2D eigenvalue weighted by Crippen LogP contribution is -2.13. The van der Waals surface area contributed by atoms with E-state index in [1.54, 1.807) is 0 Å². The monoisotopic (exact) mass is 427 g/mol. The molecule has 0 saturated carbocycles. The lowest BCUT2D eigenvalue weighted by atomic mass is 9.99. The van der Waals surface area contributed by atoms with E-state index in [-0.39, 0.29) is 5.91 Å². The molecule has 24 heavy (non-hydrogen) atoms. The van der Waals surface area contributed by atoms with Crippen LogP contribution in [0.4, 0.5) is 5.69 Å². The molecule has 1 amide bonds. The van der Waals surface area contributed by atoms with Crippen LogP contribution in [-0.2, 0) is 12.8 Å². The van der Waals surface area contributed by atoms with Crippen molar-refractivity contribution in [1.82, 2.24) is 0 Å². The van der Waals surface area contributed by atoms with Crippen LogP contribution < -0.4 is 5.32 Å². The quantitative estimate of drug-likeness (QED) is 0.545. The summed E-state index contributed by atoms with van der Waals surface area (Å²) in [6, 6.07) is 14.5.